The number of aryl methyl sites for hydroxylation is 1. The zero-order valence-electron chi connectivity index (χ0n) is 11.7. The largest absolute Gasteiger partial charge is 0.496 e. The van der Waals surface area contributed by atoms with Crippen LogP contribution in [0.2, 0.25) is 0 Å². The number of carbonyl (C=O) groups is 1. The van der Waals surface area contributed by atoms with Gasteiger partial charge in [-0.25, -0.2) is 4.39 Å². The molecule has 4 heteroatoms. The molecule has 0 radical (unpaired) electrons. The number of nitrogens with one attached hydrogen (secondary N) is 1. The molecule has 0 spiro atoms. The van der Waals surface area contributed by atoms with E-state index in [0.29, 0.717) is 22.6 Å². The number of aldehydes is 1. The van der Waals surface area contributed by atoms with Gasteiger partial charge in [0, 0.05) is 22.0 Å². The fraction of sp³-hybridized carbons (Fsp3) is 0.118. The van der Waals surface area contributed by atoms with Crippen LogP contribution < -0.4 is 4.74 Å². The molecule has 0 fully saturated rings. The number of aromatic nitrogens is 1. The Morgan fingerprint density at radius 2 is 2.05 bits per heavy atom. The maximum atomic E-state index is 13.6. The summed E-state index contributed by atoms with van der Waals surface area (Å²) in [5.74, 6) is 0.140. The summed E-state index contributed by atoms with van der Waals surface area (Å²) in [6.07, 6.45) is 0.790. The Balaban J connectivity index is 2.37. The van der Waals surface area contributed by atoms with Crippen LogP contribution in [0, 0.1) is 12.7 Å². The third-order valence-electron chi connectivity index (χ3n) is 3.63. The lowest BCUT2D eigenvalue weighted by Crippen LogP contribution is -1.92. The molecule has 0 aliphatic rings. The van der Waals surface area contributed by atoms with Gasteiger partial charge in [-0.3, -0.25) is 4.79 Å². The van der Waals surface area contributed by atoms with E-state index in [1.54, 1.807) is 6.07 Å². The molecule has 1 N–H and O–H groups in total. The average molecular weight is 283 g/mol. The average Bonchev–Trinajstić information content (AvgIpc) is 2.87. The zero-order chi connectivity index (χ0) is 15.0. The molecule has 0 atom stereocenters. The van der Waals surface area contributed by atoms with E-state index in [9.17, 15) is 9.18 Å². The molecule has 0 aliphatic carbocycles. The number of benzene rings is 2. The second kappa shape index (κ2) is 5.05. The van der Waals surface area contributed by atoms with E-state index in [2.05, 4.69) is 4.98 Å². The molecule has 0 unspecified atom stereocenters. The molecule has 21 heavy (non-hydrogen) atoms. The SMILES string of the molecule is COc1ccc(F)cc1-c1[nH]c2c(C)cccc2c1C=O. The van der Waals surface area contributed by atoms with Crippen molar-refractivity contribution in [1.82, 2.24) is 4.98 Å². The number of hydrogen-bond donors (Lipinski definition) is 1. The van der Waals surface area contributed by atoms with Gasteiger partial charge in [-0.15, -0.1) is 0 Å². The third kappa shape index (κ3) is 2.09. The Bertz CT molecular complexity index is 836. The predicted octanol–water partition coefficient (Wildman–Crippen LogP) is 4.10. The standard InChI is InChI=1S/C17H14FNO2/c1-10-4-3-5-12-14(9-20)17(19-16(10)12)13-8-11(18)6-7-15(13)21-2/h3-9,19H,1-2H3. The number of aromatic amines is 1. The smallest absolute Gasteiger partial charge is 0.152 e. The molecule has 1 heterocycles. The minimum atomic E-state index is -0.377. The predicted molar refractivity (Wildman–Crippen MR) is 80.4 cm³/mol. The molecular weight excluding hydrogens is 269 g/mol. The molecule has 106 valence electrons. The first kappa shape index (κ1) is 13.4. The summed E-state index contributed by atoms with van der Waals surface area (Å²) in [6, 6.07) is 9.98. The van der Waals surface area contributed by atoms with Crippen molar-refractivity contribution in [3.8, 4) is 17.0 Å². The molecule has 1 aromatic heterocycles. The van der Waals surface area contributed by atoms with Gasteiger partial charge in [-0.2, -0.15) is 0 Å². The Hall–Kier alpha value is -2.62. The monoisotopic (exact) mass is 283 g/mol. The van der Waals surface area contributed by atoms with E-state index in [1.807, 2.05) is 25.1 Å². The summed E-state index contributed by atoms with van der Waals surface area (Å²) < 4.78 is 18.9. The Morgan fingerprint density at radius 1 is 1.24 bits per heavy atom. The number of para-hydroxylation sites is 1. The first-order valence-corrected chi connectivity index (χ1v) is 6.56. The topological polar surface area (TPSA) is 42.1 Å². The Kier molecular flexibility index (Phi) is 3.22. The first-order chi connectivity index (χ1) is 10.2. The van der Waals surface area contributed by atoms with Gasteiger partial charge >= 0.3 is 0 Å². The molecule has 0 saturated carbocycles. The summed E-state index contributed by atoms with van der Waals surface area (Å²) in [7, 11) is 1.52. The minimum Gasteiger partial charge on any atom is -0.496 e. The van der Waals surface area contributed by atoms with Crippen molar-refractivity contribution in [2.24, 2.45) is 0 Å². The van der Waals surface area contributed by atoms with Crippen LogP contribution in [0.5, 0.6) is 5.75 Å². The van der Waals surface area contributed by atoms with E-state index in [1.165, 1.54) is 19.2 Å². The lowest BCUT2D eigenvalue weighted by atomic mass is 10.0. The van der Waals surface area contributed by atoms with Gasteiger partial charge in [0.1, 0.15) is 11.6 Å². The molecule has 3 aromatic rings. The zero-order valence-corrected chi connectivity index (χ0v) is 11.7. The van der Waals surface area contributed by atoms with Crippen molar-refractivity contribution in [3.05, 3.63) is 53.3 Å². The second-order valence-electron chi connectivity index (χ2n) is 4.87. The minimum absolute atomic E-state index is 0.377. The summed E-state index contributed by atoms with van der Waals surface area (Å²) in [6.45, 7) is 1.96. The highest BCUT2D eigenvalue weighted by molar-refractivity contribution is 6.05. The molecule has 0 saturated heterocycles. The normalized spacial score (nSPS) is 10.8. The number of H-pyrrole nitrogens is 1. The number of halogens is 1. The summed E-state index contributed by atoms with van der Waals surface area (Å²) in [5, 5.41) is 0.825. The number of hydrogen-bond acceptors (Lipinski definition) is 2. The van der Waals surface area contributed by atoms with Crippen LogP contribution in [0.25, 0.3) is 22.2 Å². The van der Waals surface area contributed by atoms with E-state index in [-0.39, 0.29) is 5.82 Å². The lowest BCUT2D eigenvalue weighted by molar-refractivity contribution is 0.112. The van der Waals surface area contributed by atoms with Crippen LogP contribution in [0.15, 0.2) is 36.4 Å². The van der Waals surface area contributed by atoms with E-state index < -0.39 is 0 Å². The van der Waals surface area contributed by atoms with Crippen LogP contribution in [-0.4, -0.2) is 18.4 Å². The maximum absolute atomic E-state index is 13.6. The van der Waals surface area contributed by atoms with Gasteiger partial charge < -0.3 is 9.72 Å². The summed E-state index contributed by atoms with van der Waals surface area (Å²) in [5.41, 5.74) is 3.52. The van der Waals surface area contributed by atoms with Crippen molar-refractivity contribution in [1.29, 1.82) is 0 Å². The van der Waals surface area contributed by atoms with Gasteiger partial charge in [0.2, 0.25) is 0 Å². The van der Waals surface area contributed by atoms with Crippen LogP contribution in [0.1, 0.15) is 15.9 Å². The molecular formula is C17H14FNO2. The van der Waals surface area contributed by atoms with Gasteiger partial charge in [-0.05, 0) is 30.7 Å². The highest BCUT2D eigenvalue weighted by Crippen LogP contribution is 2.36. The van der Waals surface area contributed by atoms with Crippen LogP contribution in [0.4, 0.5) is 4.39 Å². The summed E-state index contributed by atoms with van der Waals surface area (Å²) in [4.78, 5) is 14.7. The fourth-order valence-corrected chi connectivity index (χ4v) is 2.60. The molecule has 3 rings (SSSR count). The van der Waals surface area contributed by atoms with Crippen molar-refractivity contribution >= 4 is 17.2 Å². The third-order valence-corrected chi connectivity index (χ3v) is 3.63. The van der Waals surface area contributed by atoms with Crippen molar-refractivity contribution in [2.75, 3.05) is 7.11 Å². The van der Waals surface area contributed by atoms with Crippen molar-refractivity contribution < 1.29 is 13.9 Å². The molecule has 2 aromatic carbocycles. The number of ether oxygens (including phenoxy) is 1. The van der Waals surface area contributed by atoms with Crippen molar-refractivity contribution in [2.45, 2.75) is 6.92 Å². The van der Waals surface area contributed by atoms with Gasteiger partial charge in [-0.1, -0.05) is 18.2 Å². The fourth-order valence-electron chi connectivity index (χ4n) is 2.60. The van der Waals surface area contributed by atoms with E-state index in [0.717, 1.165) is 22.8 Å². The molecule has 3 nitrogen and oxygen atoms in total. The van der Waals surface area contributed by atoms with Gasteiger partial charge in [0.15, 0.2) is 6.29 Å². The number of fused-ring (bicyclic) bond motifs is 1. The lowest BCUT2D eigenvalue weighted by Gasteiger charge is -2.07. The molecule has 0 amide bonds. The first-order valence-electron chi connectivity index (χ1n) is 6.56. The molecule has 0 bridgehead atoms. The van der Waals surface area contributed by atoms with Crippen LogP contribution in [0.3, 0.4) is 0 Å². The maximum Gasteiger partial charge on any atom is 0.152 e. The van der Waals surface area contributed by atoms with E-state index in [4.69, 9.17) is 4.74 Å². The van der Waals surface area contributed by atoms with Gasteiger partial charge in [0.25, 0.3) is 0 Å². The van der Waals surface area contributed by atoms with Crippen LogP contribution in [-0.2, 0) is 0 Å². The number of methoxy groups -OCH3 is 1. The Morgan fingerprint density at radius 3 is 2.76 bits per heavy atom. The second-order valence-corrected chi connectivity index (χ2v) is 4.87. The van der Waals surface area contributed by atoms with E-state index >= 15 is 0 Å². The van der Waals surface area contributed by atoms with Gasteiger partial charge in [0.05, 0.1) is 12.8 Å². The van der Waals surface area contributed by atoms with Crippen LogP contribution >= 0.6 is 0 Å². The molecule has 0 aliphatic heterocycles. The number of carbonyl (C=O) groups excluding carboxylic acids is 1. The summed E-state index contributed by atoms with van der Waals surface area (Å²) >= 11 is 0. The van der Waals surface area contributed by atoms with Crippen molar-refractivity contribution in [3.63, 3.8) is 0 Å². The number of rotatable bonds is 3. The highest BCUT2D eigenvalue weighted by atomic mass is 19.1. The highest BCUT2D eigenvalue weighted by Gasteiger charge is 2.17. The Labute approximate surface area is 121 Å². The quantitative estimate of drug-likeness (QED) is 0.735.